The summed E-state index contributed by atoms with van der Waals surface area (Å²) in [7, 11) is 4.22. The van der Waals surface area contributed by atoms with E-state index in [4.69, 9.17) is 0 Å². The van der Waals surface area contributed by atoms with E-state index in [1.54, 1.807) is 0 Å². The maximum absolute atomic E-state index is 4.00. The number of rotatable bonds is 1. The average molecular weight is 154 g/mol. The van der Waals surface area contributed by atoms with E-state index >= 15 is 0 Å². The lowest BCUT2D eigenvalue weighted by Crippen LogP contribution is -2.30. The van der Waals surface area contributed by atoms with Crippen molar-refractivity contribution in [3.05, 3.63) is 12.4 Å². The van der Waals surface area contributed by atoms with Gasteiger partial charge in [0.25, 0.3) is 0 Å². The second kappa shape index (κ2) is 2.76. The van der Waals surface area contributed by atoms with Crippen LogP contribution in [0.25, 0.3) is 0 Å². The first-order valence-corrected chi connectivity index (χ1v) is 4.17. The normalized spacial score (nSPS) is 25.5. The Bertz CT molecular complexity index is 163. The molecule has 1 heterocycles. The molecule has 0 radical (unpaired) electrons. The Kier molecular flexibility index (Phi) is 2.12. The fourth-order valence-corrected chi connectivity index (χ4v) is 1.63. The van der Waals surface area contributed by atoms with Crippen molar-refractivity contribution in [1.82, 2.24) is 9.80 Å². The van der Waals surface area contributed by atoms with E-state index in [-0.39, 0.29) is 0 Å². The van der Waals surface area contributed by atoms with Gasteiger partial charge in [-0.1, -0.05) is 20.4 Å². The number of hydrogen-bond acceptors (Lipinski definition) is 2. The number of likely N-dealkylation sites (N-methyl/N-ethyl adjacent to an activating group) is 2. The van der Waals surface area contributed by atoms with Crippen molar-refractivity contribution in [3.63, 3.8) is 0 Å². The smallest absolute Gasteiger partial charge is 0.0963 e. The van der Waals surface area contributed by atoms with Gasteiger partial charge in [-0.2, -0.15) is 0 Å². The van der Waals surface area contributed by atoms with Crippen molar-refractivity contribution >= 4 is 0 Å². The van der Waals surface area contributed by atoms with Gasteiger partial charge in [-0.05, 0) is 5.92 Å². The molecule has 64 valence electrons. The standard InChI is InChI=1S/C9H18N2/c1-7(2)9-6-10(4)8(3)11(9)5/h7,9H,3,6H2,1-2,4-5H3/t9-/m1/s1. The molecule has 0 saturated carbocycles. The maximum atomic E-state index is 4.00. The molecule has 0 amide bonds. The van der Waals surface area contributed by atoms with Crippen LogP contribution in [0.5, 0.6) is 0 Å². The molecule has 0 aromatic carbocycles. The molecule has 0 aromatic heterocycles. The Hall–Kier alpha value is -0.660. The van der Waals surface area contributed by atoms with Gasteiger partial charge in [0.05, 0.1) is 5.82 Å². The van der Waals surface area contributed by atoms with Crippen LogP contribution in [0.1, 0.15) is 13.8 Å². The van der Waals surface area contributed by atoms with E-state index in [1.807, 2.05) is 0 Å². The van der Waals surface area contributed by atoms with Crippen LogP contribution in [0.2, 0.25) is 0 Å². The van der Waals surface area contributed by atoms with Crippen molar-refractivity contribution < 1.29 is 0 Å². The van der Waals surface area contributed by atoms with Crippen molar-refractivity contribution in [3.8, 4) is 0 Å². The summed E-state index contributed by atoms with van der Waals surface area (Å²) in [6, 6.07) is 0.646. The fourth-order valence-electron chi connectivity index (χ4n) is 1.63. The minimum Gasteiger partial charge on any atom is -0.360 e. The lowest BCUT2D eigenvalue weighted by Gasteiger charge is -2.23. The first-order valence-electron chi connectivity index (χ1n) is 4.17. The molecule has 1 fully saturated rings. The van der Waals surface area contributed by atoms with Crippen molar-refractivity contribution in [2.24, 2.45) is 5.92 Å². The summed E-state index contributed by atoms with van der Waals surface area (Å²) in [5.74, 6) is 1.85. The van der Waals surface area contributed by atoms with Gasteiger partial charge in [-0.15, -0.1) is 0 Å². The summed E-state index contributed by atoms with van der Waals surface area (Å²) in [5.41, 5.74) is 0. The van der Waals surface area contributed by atoms with E-state index in [2.05, 4.69) is 44.3 Å². The van der Waals surface area contributed by atoms with E-state index < -0.39 is 0 Å². The highest BCUT2D eigenvalue weighted by Gasteiger charge is 2.29. The van der Waals surface area contributed by atoms with Crippen LogP contribution >= 0.6 is 0 Å². The highest BCUT2D eigenvalue weighted by molar-refractivity contribution is 5.02. The molecule has 0 aliphatic carbocycles. The molecule has 1 aliphatic rings. The summed E-state index contributed by atoms with van der Waals surface area (Å²) in [4.78, 5) is 4.48. The van der Waals surface area contributed by atoms with Gasteiger partial charge in [-0.25, -0.2) is 0 Å². The average Bonchev–Trinajstić information content (AvgIpc) is 2.17. The van der Waals surface area contributed by atoms with Gasteiger partial charge in [0.2, 0.25) is 0 Å². The molecule has 0 unspecified atom stereocenters. The van der Waals surface area contributed by atoms with Crippen molar-refractivity contribution in [2.45, 2.75) is 19.9 Å². The second-order valence-corrected chi connectivity index (χ2v) is 3.72. The Morgan fingerprint density at radius 1 is 1.45 bits per heavy atom. The molecule has 0 N–H and O–H groups in total. The topological polar surface area (TPSA) is 6.48 Å². The second-order valence-electron chi connectivity index (χ2n) is 3.72. The van der Waals surface area contributed by atoms with Gasteiger partial charge in [0.1, 0.15) is 0 Å². The van der Waals surface area contributed by atoms with Gasteiger partial charge in [0, 0.05) is 26.7 Å². The highest BCUT2D eigenvalue weighted by atomic mass is 15.4. The van der Waals surface area contributed by atoms with Gasteiger partial charge >= 0.3 is 0 Å². The molecule has 0 spiro atoms. The van der Waals surface area contributed by atoms with E-state index in [0.717, 1.165) is 12.4 Å². The molecule has 0 aromatic rings. The predicted molar refractivity (Wildman–Crippen MR) is 48.2 cm³/mol. The first kappa shape index (κ1) is 8.44. The molecule has 2 nitrogen and oxygen atoms in total. The van der Waals surface area contributed by atoms with Crippen LogP contribution in [0.3, 0.4) is 0 Å². The van der Waals surface area contributed by atoms with Crippen molar-refractivity contribution in [1.29, 1.82) is 0 Å². The van der Waals surface area contributed by atoms with Crippen LogP contribution in [-0.4, -0.2) is 36.5 Å². The highest BCUT2D eigenvalue weighted by Crippen LogP contribution is 2.23. The molecule has 11 heavy (non-hydrogen) atoms. The van der Waals surface area contributed by atoms with Gasteiger partial charge < -0.3 is 9.80 Å². The molecular formula is C9H18N2. The molecule has 1 atom stereocenters. The Labute approximate surface area is 69.5 Å². The van der Waals surface area contributed by atoms with Crippen LogP contribution in [0.15, 0.2) is 12.4 Å². The Balaban J connectivity index is 2.67. The summed E-state index contributed by atoms with van der Waals surface area (Å²) >= 11 is 0. The zero-order chi connectivity index (χ0) is 8.59. The van der Waals surface area contributed by atoms with Gasteiger partial charge in [0.15, 0.2) is 0 Å². The monoisotopic (exact) mass is 154 g/mol. The lowest BCUT2D eigenvalue weighted by atomic mass is 10.1. The van der Waals surface area contributed by atoms with E-state index in [1.165, 1.54) is 0 Å². The largest absolute Gasteiger partial charge is 0.360 e. The predicted octanol–water partition coefficient (Wildman–Crippen LogP) is 1.36. The van der Waals surface area contributed by atoms with Crippen molar-refractivity contribution in [2.75, 3.05) is 20.6 Å². The molecule has 1 rings (SSSR count). The zero-order valence-electron chi connectivity index (χ0n) is 7.96. The molecule has 0 bridgehead atoms. The Morgan fingerprint density at radius 3 is 2.18 bits per heavy atom. The fraction of sp³-hybridized carbons (Fsp3) is 0.778. The lowest BCUT2D eigenvalue weighted by molar-refractivity contribution is 0.292. The minimum absolute atomic E-state index is 0.646. The third-order valence-corrected chi connectivity index (χ3v) is 2.58. The van der Waals surface area contributed by atoms with Gasteiger partial charge in [-0.3, -0.25) is 0 Å². The van der Waals surface area contributed by atoms with Crippen LogP contribution in [0, 0.1) is 5.92 Å². The summed E-state index contributed by atoms with van der Waals surface area (Å²) in [6.45, 7) is 9.63. The van der Waals surface area contributed by atoms with E-state index in [9.17, 15) is 0 Å². The number of nitrogens with zero attached hydrogens (tertiary/aromatic N) is 2. The minimum atomic E-state index is 0.646. The number of hydrogen-bond donors (Lipinski definition) is 0. The molecular weight excluding hydrogens is 136 g/mol. The molecule has 1 saturated heterocycles. The first-order chi connectivity index (χ1) is 5.04. The SMILES string of the molecule is C=C1N(C)C[C@H](C(C)C)N1C. The summed E-state index contributed by atoms with van der Waals surface area (Å²) in [6.07, 6.45) is 0. The Morgan fingerprint density at radius 2 is 2.00 bits per heavy atom. The summed E-state index contributed by atoms with van der Waals surface area (Å²) in [5, 5.41) is 0. The molecule has 2 heteroatoms. The maximum Gasteiger partial charge on any atom is 0.0963 e. The third-order valence-electron chi connectivity index (χ3n) is 2.58. The van der Waals surface area contributed by atoms with Crippen LogP contribution in [0.4, 0.5) is 0 Å². The zero-order valence-corrected chi connectivity index (χ0v) is 7.96. The quantitative estimate of drug-likeness (QED) is 0.562. The van der Waals surface area contributed by atoms with Crippen LogP contribution < -0.4 is 0 Å². The third kappa shape index (κ3) is 1.35. The van der Waals surface area contributed by atoms with Crippen LogP contribution in [-0.2, 0) is 0 Å². The molecule has 1 aliphatic heterocycles. The van der Waals surface area contributed by atoms with E-state index in [0.29, 0.717) is 12.0 Å². The summed E-state index contributed by atoms with van der Waals surface area (Å²) < 4.78 is 0.